The number of pyridine rings is 1. The molecule has 4 nitrogen and oxygen atoms in total. The molecule has 5 heteroatoms. The van der Waals surface area contributed by atoms with Crippen molar-refractivity contribution < 1.29 is 9.90 Å². The Morgan fingerprint density at radius 3 is 2.55 bits per heavy atom. The van der Waals surface area contributed by atoms with Gasteiger partial charge in [0.15, 0.2) is 0 Å². The zero-order valence-corrected chi connectivity index (χ0v) is 13.4. The minimum absolute atomic E-state index is 0.268. The highest BCUT2D eigenvalue weighted by Gasteiger charge is 2.06. The summed E-state index contributed by atoms with van der Waals surface area (Å²) in [7, 11) is 0. The summed E-state index contributed by atoms with van der Waals surface area (Å²) in [6.45, 7) is 1.94. The molecule has 1 heterocycles. The van der Waals surface area contributed by atoms with Gasteiger partial charge in [-0.2, -0.15) is 0 Å². The molecule has 3 aromatic rings. The molecule has 0 unspecified atom stereocenters. The second-order valence-electron chi connectivity index (χ2n) is 4.98. The fourth-order valence-corrected chi connectivity index (χ4v) is 2.65. The number of anilines is 2. The van der Waals surface area contributed by atoms with Gasteiger partial charge in [-0.3, -0.25) is 4.98 Å². The Labute approximate surface area is 135 Å². The van der Waals surface area contributed by atoms with Crippen LogP contribution >= 0.6 is 15.9 Å². The quantitative estimate of drug-likeness (QED) is 0.710. The van der Waals surface area contributed by atoms with E-state index in [-0.39, 0.29) is 5.56 Å². The molecule has 3 rings (SSSR count). The van der Waals surface area contributed by atoms with E-state index in [4.69, 9.17) is 5.11 Å². The Morgan fingerprint density at radius 1 is 1.14 bits per heavy atom. The zero-order chi connectivity index (χ0) is 15.7. The van der Waals surface area contributed by atoms with Gasteiger partial charge in [0.25, 0.3) is 0 Å². The van der Waals surface area contributed by atoms with E-state index in [1.54, 1.807) is 24.3 Å². The molecule has 0 aliphatic rings. The molecule has 1 aromatic heterocycles. The fourth-order valence-electron chi connectivity index (χ4n) is 2.29. The fraction of sp³-hybridized carbons (Fsp3) is 0.0588. The van der Waals surface area contributed by atoms with E-state index in [2.05, 4.69) is 26.2 Å². The number of nitrogens with zero attached hydrogens (tertiary/aromatic N) is 1. The van der Waals surface area contributed by atoms with Gasteiger partial charge in [-0.1, -0.05) is 15.9 Å². The summed E-state index contributed by atoms with van der Waals surface area (Å²) in [5.41, 5.74) is 3.86. The van der Waals surface area contributed by atoms with E-state index in [0.29, 0.717) is 0 Å². The second-order valence-corrected chi connectivity index (χ2v) is 5.90. The van der Waals surface area contributed by atoms with Gasteiger partial charge in [-0.05, 0) is 55.5 Å². The average molecular weight is 357 g/mol. The van der Waals surface area contributed by atoms with Crippen molar-refractivity contribution in [2.75, 3.05) is 5.32 Å². The van der Waals surface area contributed by atoms with E-state index in [9.17, 15) is 4.79 Å². The summed E-state index contributed by atoms with van der Waals surface area (Å²) in [5.74, 6) is -0.930. The van der Waals surface area contributed by atoms with Crippen LogP contribution in [0.25, 0.3) is 10.9 Å². The maximum atomic E-state index is 10.9. The molecule has 2 aromatic carbocycles. The molecule has 2 N–H and O–H groups in total. The molecule has 22 heavy (non-hydrogen) atoms. The number of hydrogen-bond donors (Lipinski definition) is 2. The van der Waals surface area contributed by atoms with E-state index < -0.39 is 5.97 Å². The van der Waals surface area contributed by atoms with Crippen LogP contribution in [0.5, 0.6) is 0 Å². The van der Waals surface area contributed by atoms with Gasteiger partial charge in [-0.15, -0.1) is 0 Å². The second kappa shape index (κ2) is 5.77. The highest BCUT2D eigenvalue weighted by atomic mass is 79.9. The van der Waals surface area contributed by atoms with Crippen LogP contribution in [0.4, 0.5) is 11.4 Å². The number of carboxylic acids is 1. The van der Waals surface area contributed by atoms with Gasteiger partial charge in [-0.25, -0.2) is 4.79 Å². The normalized spacial score (nSPS) is 10.6. The van der Waals surface area contributed by atoms with Crippen molar-refractivity contribution in [1.29, 1.82) is 0 Å². The van der Waals surface area contributed by atoms with E-state index >= 15 is 0 Å². The third-order valence-corrected chi connectivity index (χ3v) is 3.80. The molecule has 0 saturated carbocycles. The van der Waals surface area contributed by atoms with E-state index in [1.165, 1.54) is 0 Å². The SMILES string of the molecule is Cc1cc(Nc2ccc(C(=O)O)cc2)c2cc(Br)ccc2n1. The lowest BCUT2D eigenvalue weighted by atomic mass is 10.1. The first-order chi connectivity index (χ1) is 10.5. The number of hydrogen-bond acceptors (Lipinski definition) is 3. The van der Waals surface area contributed by atoms with Gasteiger partial charge in [0, 0.05) is 26.9 Å². The number of aromatic carboxylic acids is 1. The predicted octanol–water partition coefficient (Wildman–Crippen LogP) is 4.75. The minimum atomic E-state index is -0.930. The van der Waals surface area contributed by atoms with Crippen molar-refractivity contribution in [2.24, 2.45) is 0 Å². The Kier molecular flexibility index (Phi) is 3.81. The van der Waals surface area contributed by atoms with Gasteiger partial charge < -0.3 is 10.4 Å². The molecule has 0 aliphatic heterocycles. The minimum Gasteiger partial charge on any atom is -0.478 e. The zero-order valence-electron chi connectivity index (χ0n) is 11.8. The summed E-state index contributed by atoms with van der Waals surface area (Å²) in [6.07, 6.45) is 0. The molecule has 0 bridgehead atoms. The number of carbonyl (C=O) groups is 1. The highest BCUT2D eigenvalue weighted by Crippen LogP contribution is 2.29. The lowest BCUT2D eigenvalue weighted by Crippen LogP contribution is -1.98. The van der Waals surface area contributed by atoms with Crippen LogP contribution in [0, 0.1) is 6.92 Å². The van der Waals surface area contributed by atoms with Crippen LogP contribution in [0.3, 0.4) is 0 Å². The van der Waals surface area contributed by atoms with Gasteiger partial charge in [0.2, 0.25) is 0 Å². The van der Waals surface area contributed by atoms with E-state index in [0.717, 1.165) is 32.4 Å². The number of carboxylic acid groups (broad SMARTS) is 1. The summed E-state index contributed by atoms with van der Waals surface area (Å²) in [4.78, 5) is 15.4. The average Bonchev–Trinajstić information content (AvgIpc) is 2.48. The van der Waals surface area contributed by atoms with Gasteiger partial charge in [0.1, 0.15) is 0 Å². The maximum Gasteiger partial charge on any atom is 0.335 e. The number of fused-ring (bicyclic) bond motifs is 1. The monoisotopic (exact) mass is 356 g/mol. The van der Waals surface area contributed by atoms with E-state index in [1.807, 2.05) is 31.2 Å². The van der Waals surface area contributed by atoms with Crippen LogP contribution in [0.2, 0.25) is 0 Å². The molecular weight excluding hydrogens is 344 g/mol. The summed E-state index contributed by atoms with van der Waals surface area (Å²) in [5, 5.41) is 13.3. The number of nitrogens with one attached hydrogen (secondary N) is 1. The molecule has 0 spiro atoms. The summed E-state index contributed by atoms with van der Waals surface area (Å²) in [6, 6.07) is 14.6. The van der Waals surface area contributed by atoms with Crippen molar-refractivity contribution in [1.82, 2.24) is 4.98 Å². The molecular formula is C17H13BrN2O2. The molecule has 0 saturated heterocycles. The van der Waals surface area contributed by atoms with Crippen LogP contribution in [0.15, 0.2) is 53.0 Å². The van der Waals surface area contributed by atoms with Gasteiger partial charge in [0.05, 0.1) is 11.1 Å². The Hall–Kier alpha value is -2.40. The van der Waals surface area contributed by atoms with Crippen LogP contribution in [-0.4, -0.2) is 16.1 Å². The van der Waals surface area contributed by atoms with Crippen molar-refractivity contribution in [3.63, 3.8) is 0 Å². The maximum absolute atomic E-state index is 10.9. The first-order valence-corrected chi connectivity index (χ1v) is 7.49. The third-order valence-electron chi connectivity index (χ3n) is 3.31. The lowest BCUT2D eigenvalue weighted by Gasteiger charge is -2.11. The topological polar surface area (TPSA) is 62.2 Å². The molecule has 0 amide bonds. The van der Waals surface area contributed by atoms with Gasteiger partial charge >= 0.3 is 5.97 Å². The smallest absolute Gasteiger partial charge is 0.335 e. The van der Waals surface area contributed by atoms with Crippen LogP contribution in [0.1, 0.15) is 16.1 Å². The van der Waals surface area contributed by atoms with Crippen LogP contribution < -0.4 is 5.32 Å². The van der Waals surface area contributed by atoms with Crippen molar-refractivity contribution in [2.45, 2.75) is 6.92 Å². The number of aromatic nitrogens is 1. The number of benzene rings is 2. The van der Waals surface area contributed by atoms with Crippen molar-refractivity contribution >= 4 is 44.2 Å². The van der Waals surface area contributed by atoms with Crippen molar-refractivity contribution in [3.8, 4) is 0 Å². The lowest BCUT2D eigenvalue weighted by molar-refractivity contribution is 0.0697. The predicted molar refractivity (Wildman–Crippen MR) is 90.9 cm³/mol. The number of aryl methyl sites for hydroxylation is 1. The molecule has 0 radical (unpaired) electrons. The molecule has 0 atom stereocenters. The number of halogens is 1. The summed E-state index contributed by atoms with van der Waals surface area (Å²) >= 11 is 3.48. The largest absolute Gasteiger partial charge is 0.478 e. The first kappa shape index (κ1) is 14.5. The first-order valence-electron chi connectivity index (χ1n) is 6.70. The standard InChI is InChI=1S/C17H13BrN2O2/c1-10-8-16(14-9-12(18)4-7-15(14)19-10)20-13-5-2-11(3-6-13)17(21)22/h2-9H,1H3,(H,19,20)(H,21,22). The number of rotatable bonds is 3. The molecule has 0 fully saturated rings. The van der Waals surface area contributed by atoms with Crippen LogP contribution in [-0.2, 0) is 0 Å². The third kappa shape index (κ3) is 2.94. The Morgan fingerprint density at radius 2 is 1.86 bits per heavy atom. The summed E-state index contributed by atoms with van der Waals surface area (Å²) < 4.78 is 0.981. The molecule has 110 valence electrons. The highest BCUT2D eigenvalue weighted by molar-refractivity contribution is 9.10. The Bertz CT molecular complexity index is 860. The Balaban J connectivity index is 2.02. The van der Waals surface area contributed by atoms with Crippen molar-refractivity contribution in [3.05, 3.63) is 64.3 Å². The molecule has 0 aliphatic carbocycles.